The van der Waals surface area contributed by atoms with Gasteiger partial charge in [-0.2, -0.15) is 0 Å². The van der Waals surface area contributed by atoms with Crippen LogP contribution < -0.4 is 12.4 Å². The van der Waals surface area contributed by atoms with Crippen molar-refractivity contribution >= 4 is 0 Å². The first-order chi connectivity index (χ1) is 12.1. The minimum absolute atomic E-state index is 0. The molecule has 0 fully saturated rings. The summed E-state index contributed by atoms with van der Waals surface area (Å²) < 4.78 is 1.07. The van der Waals surface area contributed by atoms with Gasteiger partial charge in [0.1, 0.15) is 0 Å². The summed E-state index contributed by atoms with van der Waals surface area (Å²) in [5, 5.41) is 8.93. The summed E-state index contributed by atoms with van der Waals surface area (Å²) >= 11 is 0. The highest BCUT2D eigenvalue weighted by Gasteiger charge is 2.12. The van der Waals surface area contributed by atoms with Gasteiger partial charge in [0.15, 0.2) is 0 Å². The molecule has 0 rings (SSSR count). The van der Waals surface area contributed by atoms with Gasteiger partial charge in [-0.05, 0) is 12.8 Å². The third kappa shape index (κ3) is 22.3. The summed E-state index contributed by atoms with van der Waals surface area (Å²) in [6.07, 6.45) is 23.9. The minimum atomic E-state index is 0. The van der Waals surface area contributed by atoms with Crippen LogP contribution in [0.25, 0.3) is 0 Å². The van der Waals surface area contributed by atoms with E-state index in [4.69, 9.17) is 5.11 Å². The van der Waals surface area contributed by atoms with Crippen molar-refractivity contribution in [3.05, 3.63) is 0 Å². The number of nitrogens with zero attached hydrogens (tertiary/aromatic N) is 1. The first-order valence-electron chi connectivity index (χ1n) is 11.6. The van der Waals surface area contributed by atoms with Crippen LogP contribution in [0, 0.1) is 0 Å². The zero-order valence-electron chi connectivity index (χ0n) is 18.4. The standard InChI is InChI=1S/C23H50NO.ClH/c1-4-5-6-7-8-9-10-11-12-13-14-15-16-17-18-19-21-24(2,3)22-20-23-25;/h25H,4-23H2,1-3H3;1H/q+1;/p-1. The fraction of sp³-hybridized carbons (Fsp3) is 1.00. The minimum Gasteiger partial charge on any atom is -1.00 e. The van der Waals surface area contributed by atoms with E-state index < -0.39 is 0 Å². The zero-order chi connectivity index (χ0) is 18.6. The van der Waals surface area contributed by atoms with E-state index in [1.54, 1.807) is 0 Å². The molecule has 0 aromatic carbocycles. The summed E-state index contributed by atoms with van der Waals surface area (Å²) in [7, 11) is 4.59. The van der Waals surface area contributed by atoms with Crippen molar-refractivity contribution in [2.75, 3.05) is 33.8 Å². The summed E-state index contributed by atoms with van der Waals surface area (Å²) in [5.41, 5.74) is 0. The Hall–Kier alpha value is 0.210. The van der Waals surface area contributed by atoms with E-state index in [0.29, 0.717) is 6.61 Å². The number of unbranched alkanes of at least 4 members (excludes halogenated alkanes) is 15. The van der Waals surface area contributed by atoms with Crippen molar-refractivity contribution in [1.29, 1.82) is 0 Å². The molecule has 0 saturated heterocycles. The van der Waals surface area contributed by atoms with Crippen molar-refractivity contribution in [3.8, 4) is 0 Å². The zero-order valence-corrected chi connectivity index (χ0v) is 19.2. The van der Waals surface area contributed by atoms with Gasteiger partial charge in [0.25, 0.3) is 0 Å². The van der Waals surface area contributed by atoms with Crippen LogP contribution >= 0.6 is 0 Å². The van der Waals surface area contributed by atoms with Gasteiger partial charge in [0, 0.05) is 13.0 Å². The molecule has 0 unspecified atom stereocenters. The number of halogens is 1. The highest BCUT2D eigenvalue weighted by atomic mass is 35.5. The number of aliphatic hydroxyl groups excluding tert-OH is 1. The van der Waals surface area contributed by atoms with Gasteiger partial charge in [0.05, 0.1) is 27.2 Å². The largest absolute Gasteiger partial charge is 1.00 e. The first-order valence-corrected chi connectivity index (χ1v) is 11.6. The molecule has 0 spiro atoms. The molecule has 0 aromatic heterocycles. The van der Waals surface area contributed by atoms with Crippen molar-refractivity contribution in [2.45, 2.75) is 116 Å². The Bertz CT molecular complexity index is 259. The predicted octanol–water partition coefficient (Wildman–Crippen LogP) is 3.71. The lowest BCUT2D eigenvalue weighted by Crippen LogP contribution is -3.00. The Morgan fingerprint density at radius 2 is 0.808 bits per heavy atom. The Morgan fingerprint density at radius 1 is 0.500 bits per heavy atom. The molecular weight excluding hydrogens is 342 g/mol. The van der Waals surface area contributed by atoms with Gasteiger partial charge in [0.2, 0.25) is 0 Å². The Balaban J connectivity index is 0. The third-order valence-electron chi connectivity index (χ3n) is 5.54. The smallest absolute Gasteiger partial charge is 0.0804 e. The molecule has 0 radical (unpaired) electrons. The number of rotatable bonds is 20. The van der Waals surface area contributed by atoms with Crippen LogP contribution in [0.1, 0.15) is 116 Å². The molecule has 0 atom stereocenters. The average Bonchev–Trinajstić information content (AvgIpc) is 2.59. The second-order valence-electron chi connectivity index (χ2n) is 8.76. The van der Waals surface area contributed by atoms with Crippen LogP contribution in [-0.4, -0.2) is 43.4 Å². The van der Waals surface area contributed by atoms with Crippen LogP contribution in [0.15, 0.2) is 0 Å². The lowest BCUT2D eigenvalue weighted by molar-refractivity contribution is -0.890. The molecule has 0 aliphatic heterocycles. The lowest BCUT2D eigenvalue weighted by Gasteiger charge is -2.29. The van der Waals surface area contributed by atoms with E-state index in [1.807, 2.05) is 0 Å². The van der Waals surface area contributed by atoms with Gasteiger partial charge >= 0.3 is 0 Å². The van der Waals surface area contributed by atoms with Crippen LogP contribution in [0.2, 0.25) is 0 Å². The SMILES string of the molecule is CCCCCCCCCCCCCCCCCC[N+](C)(C)CCCO.[Cl-]. The fourth-order valence-electron chi connectivity index (χ4n) is 3.70. The maximum atomic E-state index is 8.93. The maximum absolute atomic E-state index is 8.93. The molecule has 0 bridgehead atoms. The molecule has 0 saturated carbocycles. The van der Waals surface area contributed by atoms with E-state index in [-0.39, 0.29) is 12.4 Å². The van der Waals surface area contributed by atoms with Gasteiger partial charge in [-0.15, -0.1) is 0 Å². The molecule has 0 amide bonds. The molecular formula is C23H50ClNO. The normalized spacial score (nSPS) is 11.5. The molecule has 3 heteroatoms. The Kier molecular flexibility index (Phi) is 23.5. The monoisotopic (exact) mass is 391 g/mol. The number of hydrogen-bond acceptors (Lipinski definition) is 1. The van der Waals surface area contributed by atoms with E-state index in [2.05, 4.69) is 21.0 Å². The van der Waals surface area contributed by atoms with Crippen LogP contribution in [0.4, 0.5) is 0 Å². The van der Waals surface area contributed by atoms with Gasteiger partial charge in [-0.1, -0.05) is 96.8 Å². The number of quaternary nitrogens is 1. The summed E-state index contributed by atoms with van der Waals surface area (Å²) in [6, 6.07) is 0. The van der Waals surface area contributed by atoms with E-state index >= 15 is 0 Å². The van der Waals surface area contributed by atoms with Crippen molar-refractivity contribution < 1.29 is 22.0 Å². The highest BCUT2D eigenvalue weighted by Crippen LogP contribution is 2.14. The lowest BCUT2D eigenvalue weighted by atomic mass is 10.0. The number of hydrogen-bond donors (Lipinski definition) is 1. The van der Waals surface area contributed by atoms with E-state index in [0.717, 1.165) is 17.4 Å². The van der Waals surface area contributed by atoms with E-state index in [1.165, 1.54) is 109 Å². The summed E-state index contributed by atoms with van der Waals surface area (Å²) in [6.45, 7) is 5.00. The van der Waals surface area contributed by atoms with Gasteiger partial charge in [-0.3, -0.25) is 0 Å². The number of aliphatic hydroxyl groups is 1. The molecule has 0 heterocycles. The Labute approximate surface area is 172 Å². The van der Waals surface area contributed by atoms with Crippen LogP contribution in [-0.2, 0) is 0 Å². The predicted molar refractivity (Wildman–Crippen MR) is 113 cm³/mol. The second-order valence-corrected chi connectivity index (χ2v) is 8.76. The van der Waals surface area contributed by atoms with Gasteiger partial charge < -0.3 is 22.0 Å². The van der Waals surface area contributed by atoms with Crippen molar-refractivity contribution in [2.24, 2.45) is 0 Å². The molecule has 160 valence electrons. The van der Waals surface area contributed by atoms with E-state index in [9.17, 15) is 0 Å². The van der Waals surface area contributed by atoms with Crippen molar-refractivity contribution in [1.82, 2.24) is 0 Å². The van der Waals surface area contributed by atoms with Gasteiger partial charge in [-0.25, -0.2) is 0 Å². The fourth-order valence-corrected chi connectivity index (χ4v) is 3.70. The second kappa shape index (κ2) is 21.5. The molecule has 2 nitrogen and oxygen atoms in total. The third-order valence-corrected chi connectivity index (χ3v) is 5.54. The quantitative estimate of drug-likeness (QED) is 0.248. The molecule has 1 N–H and O–H groups in total. The topological polar surface area (TPSA) is 20.2 Å². The molecule has 0 aliphatic carbocycles. The molecule has 0 aromatic rings. The molecule has 0 aliphatic rings. The van der Waals surface area contributed by atoms with Crippen molar-refractivity contribution in [3.63, 3.8) is 0 Å². The first kappa shape index (κ1) is 28.4. The Morgan fingerprint density at radius 3 is 1.15 bits per heavy atom. The molecule has 26 heavy (non-hydrogen) atoms. The summed E-state index contributed by atoms with van der Waals surface area (Å²) in [5.74, 6) is 0. The highest BCUT2D eigenvalue weighted by molar-refractivity contribution is 4.50. The maximum Gasteiger partial charge on any atom is 0.0804 e. The van der Waals surface area contributed by atoms with Crippen LogP contribution in [0.5, 0.6) is 0 Å². The average molecular weight is 392 g/mol. The summed E-state index contributed by atoms with van der Waals surface area (Å²) in [4.78, 5) is 0. The van der Waals surface area contributed by atoms with Crippen LogP contribution in [0.3, 0.4) is 0 Å².